The van der Waals surface area contributed by atoms with Crippen LogP contribution in [-0.4, -0.2) is 24.6 Å². The number of hydrogen-bond donors (Lipinski definition) is 0. The third kappa shape index (κ3) is 4.41. The summed E-state index contributed by atoms with van der Waals surface area (Å²) < 4.78 is 39.8. The van der Waals surface area contributed by atoms with Crippen LogP contribution < -0.4 is 0 Å². The van der Waals surface area contributed by atoms with Crippen LogP contribution in [0, 0.1) is 0 Å². The number of pyridine rings is 1. The second-order valence-corrected chi connectivity index (χ2v) is 7.19. The standard InChI is InChI=1S/C19H11ClF3N5S/c20-15-10-13(19(21,22)23)11-25-16(15)29-18-26-17-24-9-8-14(28(17)27-18)7-6-12-4-2-1-3-5-12/h1-11H/b7-6+. The molecule has 0 aliphatic rings. The van der Waals surface area contributed by atoms with Crippen molar-refractivity contribution in [3.05, 3.63) is 76.7 Å². The molecule has 0 N–H and O–H groups in total. The summed E-state index contributed by atoms with van der Waals surface area (Å²) in [4.78, 5) is 12.2. The molecule has 0 aliphatic carbocycles. The molecule has 0 atom stereocenters. The minimum Gasteiger partial charge on any atom is -0.247 e. The van der Waals surface area contributed by atoms with E-state index >= 15 is 0 Å². The number of halogens is 4. The smallest absolute Gasteiger partial charge is 0.247 e. The van der Waals surface area contributed by atoms with Crippen LogP contribution in [-0.2, 0) is 6.18 Å². The van der Waals surface area contributed by atoms with Gasteiger partial charge < -0.3 is 0 Å². The first kappa shape index (κ1) is 19.4. The maximum absolute atomic E-state index is 12.8. The summed E-state index contributed by atoms with van der Waals surface area (Å²) in [7, 11) is 0. The number of fused-ring (bicyclic) bond motifs is 1. The van der Waals surface area contributed by atoms with Gasteiger partial charge in [-0.1, -0.05) is 48.0 Å². The van der Waals surface area contributed by atoms with E-state index < -0.39 is 11.7 Å². The van der Waals surface area contributed by atoms with Crippen LogP contribution in [0.15, 0.2) is 65.0 Å². The summed E-state index contributed by atoms with van der Waals surface area (Å²) in [5.41, 5.74) is 0.849. The molecule has 4 aromatic rings. The maximum Gasteiger partial charge on any atom is 0.417 e. The number of hydrogen-bond acceptors (Lipinski definition) is 5. The van der Waals surface area contributed by atoms with Crippen LogP contribution in [0.2, 0.25) is 5.02 Å². The van der Waals surface area contributed by atoms with Crippen molar-refractivity contribution in [2.24, 2.45) is 0 Å². The van der Waals surface area contributed by atoms with E-state index in [2.05, 4.69) is 20.1 Å². The topological polar surface area (TPSA) is 56.0 Å². The summed E-state index contributed by atoms with van der Waals surface area (Å²) in [6.07, 6.45) is 1.63. The molecule has 0 spiro atoms. The Bertz CT molecular complexity index is 1190. The molecular formula is C19H11ClF3N5S. The van der Waals surface area contributed by atoms with Crippen LogP contribution >= 0.6 is 23.4 Å². The highest BCUT2D eigenvalue weighted by molar-refractivity contribution is 7.99. The Kier molecular flexibility index (Phi) is 5.25. The minimum atomic E-state index is -4.51. The maximum atomic E-state index is 12.8. The summed E-state index contributed by atoms with van der Waals surface area (Å²) in [5.74, 6) is 0.353. The van der Waals surface area contributed by atoms with E-state index in [-0.39, 0.29) is 15.2 Å². The molecule has 29 heavy (non-hydrogen) atoms. The second-order valence-electron chi connectivity index (χ2n) is 5.83. The molecule has 3 aromatic heterocycles. The van der Waals surface area contributed by atoms with Crippen LogP contribution in [0.5, 0.6) is 0 Å². The average Bonchev–Trinajstić information content (AvgIpc) is 3.11. The van der Waals surface area contributed by atoms with Crippen molar-refractivity contribution in [1.82, 2.24) is 24.6 Å². The van der Waals surface area contributed by atoms with Crippen LogP contribution in [0.4, 0.5) is 13.2 Å². The summed E-state index contributed by atoms with van der Waals surface area (Å²) >= 11 is 6.93. The number of benzene rings is 1. The van der Waals surface area contributed by atoms with E-state index in [1.807, 2.05) is 42.5 Å². The van der Waals surface area contributed by atoms with Gasteiger partial charge in [0.2, 0.25) is 5.16 Å². The molecule has 3 heterocycles. The van der Waals surface area contributed by atoms with E-state index in [0.29, 0.717) is 5.78 Å². The van der Waals surface area contributed by atoms with Crippen molar-refractivity contribution >= 4 is 41.3 Å². The van der Waals surface area contributed by atoms with E-state index in [4.69, 9.17) is 11.6 Å². The molecule has 0 saturated carbocycles. The highest BCUT2D eigenvalue weighted by atomic mass is 35.5. The Morgan fingerprint density at radius 1 is 1.03 bits per heavy atom. The SMILES string of the molecule is FC(F)(F)c1cnc(Sc2nc3nccc(/C=C/c4ccccc4)n3n2)c(Cl)c1. The predicted molar refractivity (Wildman–Crippen MR) is 105 cm³/mol. The first-order chi connectivity index (χ1) is 13.9. The van der Waals surface area contributed by atoms with E-state index in [1.54, 1.807) is 16.8 Å². The molecule has 0 radical (unpaired) electrons. The fourth-order valence-corrected chi connectivity index (χ4v) is 3.42. The van der Waals surface area contributed by atoms with Crippen molar-refractivity contribution in [2.45, 2.75) is 16.4 Å². The van der Waals surface area contributed by atoms with Gasteiger partial charge in [-0.15, -0.1) is 5.10 Å². The first-order valence-electron chi connectivity index (χ1n) is 8.26. The van der Waals surface area contributed by atoms with Gasteiger partial charge in [0.1, 0.15) is 5.03 Å². The lowest BCUT2D eigenvalue weighted by molar-refractivity contribution is -0.137. The van der Waals surface area contributed by atoms with Crippen molar-refractivity contribution in [3.63, 3.8) is 0 Å². The predicted octanol–water partition coefficient (Wildman–Crippen LogP) is 5.51. The summed E-state index contributed by atoms with van der Waals surface area (Å²) in [6, 6.07) is 12.4. The van der Waals surface area contributed by atoms with Crippen LogP contribution in [0.3, 0.4) is 0 Å². The fraction of sp³-hybridized carbons (Fsp3) is 0.0526. The summed E-state index contributed by atoms with van der Waals surface area (Å²) in [5, 5.41) is 4.69. The molecule has 146 valence electrons. The lowest BCUT2D eigenvalue weighted by Gasteiger charge is -2.07. The fourth-order valence-electron chi connectivity index (χ4n) is 2.45. The average molecular weight is 434 g/mol. The van der Waals surface area contributed by atoms with Gasteiger partial charge in [0, 0.05) is 12.4 Å². The minimum absolute atomic E-state index is 0.124. The third-order valence-electron chi connectivity index (χ3n) is 3.82. The van der Waals surface area contributed by atoms with Gasteiger partial charge in [-0.3, -0.25) is 0 Å². The Balaban J connectivity index is 1.62. The van der Waals surface area contributed by atoms with E-state index in [9.17, 15) is 13.2 Å². The summed E-state index contributed by atoms with van der Waals surface area (Å²) in [6.45, 7) is 0. The zero-order chi connectivity index (χ0) is 20.4. The lowest BCUT2D eigenvalue weighted by atomic mass is 10.2. The largest absolute Gasteiger partial charge is 0.417 e. The normalized spacial score (nSPS) is 12.1. The number of aromatic nitrogens is 5. The molecule has 5 nitrogen and oxygen atoms in total. The van der Waals surface area contributed by atoms with Gasteiger partial charge in [0.25, 0.3) is 5.78 Å². The molecule has 0 saturated heterocycles. The van der Waals surface area contributed by atoms with E-state index in [1.165, 1.54) is 0 Å². The Labute approximate surface area is 172 Å². The van der Waals surface area contributed by atoms with Crippen molar-refractivity contribution < 1.29 is 13.2 Å². The Morgan fingerprint density at radius 3 is 2.55 bits per heavy atom. The first-order valence-corrected chi connectivity index (χ1v) is 9.45. The lowest BCUT2D eigenvalue weighted by Crippen LogP contribution is -2.05. The van der Waals surface area contributed by atoms with E-state index in [0.717, 1.165) is 35.3 Å². The highest BCUT2D eigenvalue weighted by Gasteiger charge is 2.31. The molecule has 10 heteroatoms. The molecule has 0 bridgehead atoms. The number of rotatable bonds is 4. The molecule has 0 amide bonds. The molecule has 0 unspecified atom stereocenters. The van der Waals surface area contributed by atoms with Crippen LogP contribution in [0.25, 0.3) is 17.9 Å². The van der Waals surface area contributed by atoms with Crippen LogP contribution in [0.1, 0.15) is 16.8 Å². The molecular weight excluding hydrogens is 423 g/mol. The highest BCUT2D eigenvalue weighted by Crippen LogP contribution is 2.35. The zero-order valence-electron chi connectivity index (χ0n) is 14.5. The van der Waals surface area contributed by atoms with Crippen molar-refractivity contribution in [3.8, 4) is 0 Å². The number of alkyl halides is 3. The van der Waals surface area contributed by atoms with Gasteiger partial charge in [0.05, 0.1) is 16.3 Å². The third-order valence-corrected chi connectivity index (χ3v) is 5.09. The Morgan fingerprint density at radius 2 is 1.83 bits per heavy atom. The van der Waals surface area contributed by atoms with Crippen molar-refractivity contribution in [2.75, 3.05) is 0 Å². The van der Waals surface area contributed by atoms with Gasteiger partial charge in [-0.05, 0) is 35.5 Å². The zero-order valence-corrected chi connectivity index (χ0v) is 16.1. The molecule has 0 aliphatic heterocycles. The molecule has 0 fully saturated rings. The molecule has 4 rings (SSSR count). The monoisotopic (exact) mass is 433 g/mol. The Hall–Kier alpha value is -2.91. The van der Waals surface area contributed by atoms with Crippen molar-refractivity contribution in [1.29, 1.82) is 0 Å². The van der Waals surface area contributed by atoms with Gasteiger partial charge >= 0.3 is 6.18 Å². The molecule has 1 aromatic carbocycles. The van der Waals surface area contributed by atoms with Gasteiger partial charge in [-0.25, -0.2) is 9.97 Å². The quantitative estimate of drug-likeness (QED) is 0.424. The van der Waals surface area contributed by atoms with Gasteiger partial charge in [-0.2, -0.15) is 22.7 Å². The second kappa shape index (κ2) is 7.84. The number of nitrogens with zero attached hydrogens (tertiary/aromatic N) is 5. The van der Waals surface area contributed by atoms with Gasteiger partial charge in [0.15, 0.2) is 0 Å².